The van der Waals surface area contributed by atoms with E-state index in [0.717, 1.165) is 18.4 Å². The third-order valence-corrected chi connectivity index (χ3v) is 3.61. The zero-order chi connectivity index (χ0) is 13.8. The number of aromatic nitrogens is 1. The van der Waals surface area contributed by atoms with Gasteiger partial charge in [-0.3, -0.25) is 9.78 Å². The van der Waals surface area contributed by atoms with Crippen LogP contribution in [0, 0.1) is 5.92 Å². The quantitative estimate of drug-likeness (QED) is 0.892. The Hall–Kier alpha value is -1.91. The van der Waals surface area contributed by atoms with Gasteiger partial charge in [0.05, 0.1) is 6.42 Å². The lowest BCUT2D eigenvalue weighted by molar-refractivity contribution is -0.154. The molecule has 0 radical (unpaired) electrons. The molecule has 0 aromatic carbocycles. The predicted octanol–water partition coefficient (Wildman–Crippen LogP) is 1.34. The van der Waals surface area contributed by atoms with E-state index in [-0.39, 0.29) is 18.2 Å². The van der Waals surface area contributed by atoms with Crippen LogP contribution in [0.15, 0.2) is 24.5 Å². The fourth-order valence-corrected chi connectivity index (χ4v) is 2.62. The van der Waals surface area contributed by atoms with E-state index >= 15 is 0 Å². The molecule has 1 aliphatic rings. The van der Waals surface area contributed by atoms with Crippen LogP contribution in [0.2, 0.25) is 0 Å². The first-order valence-corrected chi connectivity index (χ1v) is 6.51. The number of piperidine rings is 1. The van der Waals surface area contributed by atoms with Crippen LogP contribution in [0.5, 0.6) is 0 Å². The summed E-state index contributed by atoms with van der Waals surface area (Å²) in [6, 6.07) is 2.87. The summed E-state index contributed by atoms with van der Waals surface area (Å²) in [7, 11) is 0. The van der Waals surface area contributed by atoms with Crippen molar-refractivity contribution in [2.24, 2.45) is 5.92 Å². The summed E-state index contributed by atoms with van der Waals surface area (Å²) < 4.78 is 0. The third-order valence-electron chi connectivity index (χ3n) is 3.61. The molecule has 1 aromatic rings. The van der Waals surface area contributed by atoms with Crippen molar-refractivity contribution in [3.05, 3.63) is 30.1 Å². The first-order valence-electron chi connectivity index (χ1n) is 6.51. The molecule has 0 bridgehead atoms. The van der Waals surface area contributed by atoms with Gasteiger partial charge in [0.25, 0.3) is 0 Å². The topological polar surface area (TPSA) is 70.5 Å². The van der Waals surface area contributed by atoms with Crippen molar-refractivity contribution < 1.29 is 14.7 Å². The number of pyridine rings is 1. The number of amides is 1. The highest BCUT2D eigenvalue weighted by Crippen LogP contribution is 2.24. The monoisotopic (exact) mass is 262 g/mol. The van der Waals surface area contributed by atoms with E-state index in [4.69, 9.17) is 0 Å². The Balaban J connectivity index is 2.10. The van der Waals surface area contributed by atoms with Crippen LogP contribution in [0.3, 0.4) is 0 Å². The van der Waals surface area contributed by atoms with Crippen LogP contribution in [-0.4, -0.2) is 39.5 Å². The largest absolute Gasteiger partial charge is 0.480 e. The van der Waals surface area contributed by atoms with Crippen LogP contribution >= 0.6 is 0 Å². The molecular weight excluding hydrogens is 244 g/mol. The molecule has 1 N–H and O–H groups in total. The standard InChI is InChI=1S/C14H18N2O3/c1-10-3-2-8-16(13(10)14(18)19)12(17)9-11-4-6-15-7-5-11/h4-7,10,13H,2-3,8-9H2,1H3,(H,18,19). The van der Waals surface area contributed by atoms with Crippen molar-refractivity contribution in [2.45, 2.75) is 32.2 Å². The van der Waals surface area contributed by atoms with Crippen molar-refractivity contribution in [1.82, 2.24) is 9.88 Å². The van der Waals surface area contributed by atoms with Crippen molar-refractivity contribution in [3.8, 4) is 0 Å². The average molecular weight is 262 g/mol. The molecule has 0 saturated carbocycles. The predicted molar refractivity (Wildman–Crippen MR) is 69.5 cm³/mol. The number of carbonyl (C=O) groups is 2. The lowest BCUT2D eigenvalue weighted by Crippen LogP contribution is -2.52. The number of aliphatic carboxylic acids is 1. The number of carboxylic acid groups (broad SMARTS) is 1. The maximum atomic E-state index is 12.3. The highest BCUT2D eigenvalue weighted by atomic mass is 16.4. The molecule has 0 spiro atoms. The first-order chi connectivity index (χ1) is 9.09. The van der Waals surface area contributed by atoms with E-state index in [2.05, 4.69) is 4.98 Å². The number of carbonyl (C=O) groups excluding carboxylic acids is 1. The fourth-order valence-electron chi connectivity index (χ4n) is 2.62. The molecular formula is C14H18N2O3. The van der Waals surface area contributed by atoms with Gasteiger partial charge in [-0.2, -0.15) is 0 Å². The maximum absolute atomic E-state index is 12.3. The summed E-state index contributed by atoms with van der Waals surface area (Å²) in [4.78, 5) is 29.0. The van der Waals surface area contributed by atoms with E-state index in [1.54, 1.807) is 24.5 Å². The van der Waals surface area contributed by atoms with Gasteiger partial charge in [0.2, 0.25) is 5.91 Å². The zero-order valence-corrected chi connectivity index (χ0v) is 11.0. The van der Waals surface area contributed by atoms with Gasteiger partial charge in [0, 0.05) is 18.9 Å². The molecule has 5 nitrogen and oxygen atoms in total. The van der Waals surface area contributed by atoms with E-state index < -0.39 is 12.0 Å². The molecule has 1 fully saturated rings. The van der Waals surface area contributed by atoms with Gasteiger partial charge >= 0.3 is 5.97 Å². The number of hydrogen-bond acceptors (Lipinski definition) is 3. The molecule has 2 heterocycles. The summed E-state index contributed by atoms with van der Waals surface area (Å²) >= 11 is 0. The fraction of sp³-hybridized carbons (Fsp3) is 0.500. The highest BCUT2D eigenvalue weighted by Gasteiger charge is 2.36. The molecule has 2 unspecified atom stereocenters. The van der Waals surface area contributed by atoms with Crippen LogP contribution in [-0.2, 0) is 16.0 Å². The summed E-state index contributed by atoms with van der Waals surface area (Å²) in [5.74, 6) is -1.02. The minimum Gasteiger partial charge on any atom is -0.480 e. The Labute approximate surface area is 112 Å². The van der Waals surface area contributed by atoms with E-state index in [1.807, 2.05) is 6.92 Å². The van der Waals surface area contributed by atoms with Crippen molar-refractivity contribution >= 4 is 11.9 Å². The highest BCUT2D eigenvalue weighted by molar-refractivity contribution is 5.85. The van der Waals surface area contributed by atoms with Crippen LogP contribution < -0.4 is 0 Å². The van der Waals surface area contributed by atoms with Crippen molar-refractivity contribution in [2.75, 3.05) is 6.54 Å². The molecule has 19 heavy (non-hydrogen) atoms. The first kappa shape index (κ1) is 13.5. The van der Waals surface area contributed by atoms with Crippen molar-refractivity contribution in [3.63, 3.8) is 0 Å². The second kappa shape index (κ2) is 5.82. The Kier molecular flexibility index (Phi) is 4.14. The van der Waals surface area contributed by atoms with Crippen LogP contribution in [0.1, 0.15) is 25.3 Å². The number of hydrogen-bond donors (Lipinski definition) is 1. The van der Waals surface area contributed by atoms with Gasteiger partial charge in [-0.25, -0.2) is 4.79 Å². The second-order valence-corrected chi connectivity index (χ2v) is 5.02. The van der Waals surface area contributed by atoms with E-state index in [0.29, 0.717) is 6.54 Å². The Morgan fingerprint density at radius 3 is 2.74 bits per heavy atom. The molecule has 102 valence electrons. The lowest BCUT2D eigenvalue weighted by atomic mass is 9.90. The average Bonchev–Trinajstić information content (AvgIpc) is 2.39. The van der Waals surface area contributed by atoms with Crippen LogP contribution in [0.25, 0.3) is 0 Å². The summed E-state index contributed by atoms with van der Waals surface area (Å²) in [5, 5.41) is 9.29. The van der Waals surface area contributed by atoms with Gasteiger partial charge in [-0.05, 0) is 36.5 Å². The molecule has 1 saturated heterocycles. The number of carboxylic acids is 1. The molecule has 2 rings (SSSR count). The normalized spacial score (nSPS) is 23.1. The third kappa shape index (κ3) is 3.10. The summed E-state index contributed by atoms with van der Waals surface area (Å²) in [5.41, 5.74) is 0.863. The molecule has 0 aliphatic carbocycles. The van der Waals surface area contributed by atoms with Crippen molar-refractivity contribution in [1.29, 1.82) is 0 Å². The van der Waals surface area contributed by atoms with Gasteiger partial charge in [0.1, 0.15) is 6.04 Å². The smallest absolute Gasteiger partial charge is 0.326 e. The van der Waals surface area contributed by atoms with Gasteiger partial charge < -0.3 is 10.0 Å². The Morgan fingerprint density at radius 2 is 2.11 bits per heavy atom. The molecule has 1 aromatic heterocycles. The molecule has 1 aliphatic heterocycles. The molecule has 2 atom stereocenters. The Bertz CT molecular complexity index is 461. The second-order valence-electron chi connectivity index (χ2n) is 5.02. The minimum absolute atomic E-state index is 0.00707. The lowest BCUT2D eigenvalue weighted by Gasteiger charge is -2.37. The van der Waals surface area contributed by atoms with E-state index in [9.17, 15) is 14.7 Å². The van der Waals surface area contributed by atoms with Gasteiger partial charge in [-0.15, -0.1) is 0 Å². The van der Waals surface area contributed by atoms with Gasteiger partial charge in [-0.1, -0.05) is 6.92 Å². The SMILES string of the molecule is CC1CCCN(C(=O)Cc2ccncc2)C1C(=O)O. The number of nitrogens with zero attached hydrogens (tertiary/aromatic N) is 2. The molecule has 1 amide bonds. The maximum Gasteiger partial charge on any atom is 0.326 e. The number of rotatable bonds is 3. The van der Waals surface area contributed by atoms with Crippen LogP contribution in [0.4, 0.5) is 0 Å². The summed E-state index contributed by atoms with van der Waals surface area (Å²) in [6.07, 6.45) is 5.23. The van der Waals surface area contributed by atoms with Gasteiger partial charge in [0.15, 0.2) is 0 Å². The summed E-state index contributed by atoms with van der Waals surface area (Å²) in [6.45, 7) is 2.43. The zero-order valence-electron chi connectivity index (χ0n) is 11.0. The molecule has 5 heteroatoms. The number of likely N-dealkylation sites (tertiary alicyclic amines) is 1. The van der Waals surface area contributed by atoms with E-state index in [1.165, 1.54) is 4.90 Å². The minimum atomic E-state index is -0.907. The Morgan fingerprint density at radius 1 is 1.42 bits per heavy atom.